The summed E-state index contributed by atoms with van der Waals surface area (Å²) in [6.07, 6.45) is 1.14. The second-order valence-corrected chi connectivity index (χ2v) is 10.3. The Morgan fingerprint density at radius 2 is 1.94 bits per heavy atom. The smallest absolute Gasteiger partial charge is 0.251 e. The minimum absolute atomic E-state index is 0.0314. The molecule has 1 atom stereocenters. The SMILES string of the molecule is Cc1noc(CCCNC(=O)C(NC(=O)c2cccc(S(=O)(=O)N3CCOCC3)c2)C(C)C)n1. The van der Waals surface area contributed by atoms with E-state index in [1.165, 1.54) is 28.6 Å². The van der Waals surface area contributed by atoms with Gasteiger partial charge in [0.1, 0.15) is 6.04 Å². The highest BCUT2D eigenvalue weighted by atomic mass is 32.2. The van der Waals surface area contributed by atoms with Gasteiger partial charge < -0.3 is 19.9 Å². The fourth-order valence-electron chi connectivity index (χ4n) is 3.50. The predicted octanol–water partition coefficient (Wildman–Crippen LogP) is 0.902. The summed E-state index contributed by atoms with van der Waals surface area (Å²) < 4.78 is 37.4. The summed E-state index contributed by atoms with van der Waals surface area (Å²) in [4.78, 5) is 29.7. The summed E-state index contributed by atoms with van der Waals surface area (Å²) in [6.45, 7) is 6.96. The van der Waals surface area contributed by atoms with Crippen molar-refractivity contribution in [2.45, 2.75) is 44.6 Å². The van der Waals surface area contributed by atoms with E-state index in [-0.39, 0.29) is 35.4 Å². The van der Waals surface area contributed by atoms with E-state index in [2.05, 4.69) is 20.8 Å². The molecule has 11 nitrogen and oxygen atoms in total. The van der Waals surface area contributed by atoms with Crippen LogP contribution in [-0.4, -0.2) is 73.6 Å². The number of rotatable bonds is 10. The number of nitrogens with one attached hydrogen (secondary N) is 2. The lowest BCUT2D eigenvalue weighted by Crippen LogP contribution is -2.50. The molecule has 1 unspecified atom stereocenters. The van der Waals surface area contributed by atoms with Crippen molar-refractivity contribution in [3.8, 4) is 0 Å². The lowest BCUT2D eigenvalue weighted by Gasteiger charge is -2.26. The molecule has 3 rings (SSSR count). The fraction of sp³-hybridized carbons (Fsp3) is 0.545. The van der Waals surface area contributed by atoms with Gasteiger partial charge in [-0.25, -0.2) is 8.42 Å². The van der Waals surface area contributed by atoms with E-state index in [1.807, 2.05) is 13.8 Å². The summed E-state index contributed by atoms with van der Waals surface area (Å²) in [5, 5.41) is 9.28. The second kappa shape index (κ2) is 11.5. The highest BCUT2D eigenvalue weighted by Gasteiger charge is 2.28. The van der Waals surface area contributed by atoms with Gasteiger partial charge >= 0.3 is 0 Å². The molecule has 1 aromatic heterocycles. The molecule has 1 fully saturated rings. The van der Waals surface area contributed by atoms with Crippen LogP contribution in [0.4, 0.5) is 0 Å². The highest BCUT2D eigenvalue weighted by Crippen LogP contribution is 2.18. The average molecular weight is 494 g/mol. The first-order chi connectivity index (χ1) is 16.2. The van der Waals surface area contributed by atoms with Crippen LogP contribution < -0.4 is 10.6 Å². The Bertz CT molecular complexity index is 1090. The van der Waals surface area contributed by atoms with E-state index in [1.54, 1.807) is 6.92 Å². The molecule has 1 saturated heterocycles. The van der Waals surface area contributed by atoms with Gasteiger partial charge in [-0.05, 0) is 37.5 Å². The van der Waals surface area contributed by atoms with Crippen LogP contribution in [0.1, 0.15) is 42.3 Å². The van der Waals surface area contributed by atoms with Gasteiger partial charge in [-0.1, -0.05) is 25.1 Å². The molecule has 34 heavy (non-hydrogen) atoms. The maximum absolute atomic E-state index is 12.9. The van der Waals surface area contributed by atoms with Crippen molar-refractivity contribution >= 4 is 21.8 Å². The molecule has 2 heterocycles. The Morgan fingerprint density at radius 1 is 1.21 bits per heavy atom. The van der Waals surface area contributed by atoms with E-state index >= 15 is 0 Å². The Morgan fingerprint density at radius 3 is 2.59 bits per heavy atom. The lowest BCUT2D eigenvalue weighted by atomic mass is 10.0. The minimum atomic E-state index is -3.74. The highest BCUT2D eigenvalue weighted by molar-refractivity contribution is 7.89. The van der Waals surface area contributed by atoms with Crippen LogP contribution in [-0.2, 0) is 26.0 Å². The number of carbonyl (C=O) groups is 2. The van der Waals surface area contributed by atoms with Gasteiger partial charge in [0.15, 0.2) is 5.82 Å². The predicted molar refractivity (Wildman–Crippen MR) is 122 cm³/mol. The van der Waals surface area contributed by atoms with Crippen molar-refractivity contribution in [1.29, 1.82) is 0 Å². The molecule has 0 saturated carbocycles. The van der Waals surface area contributed by atoms with Crippen LogP contribution in [0.5, 0.6) is 0 Å². The Balaban J connectivity index is 1.60. The summed E-state index contributed by atoms with van der Waals surface area (Å²) in [5.41, 5.74) is 0.166. The summed E-state index contributed by atoms with van der Waals surface area (Å²) >= 11 is 0. The molecule has 0 bridgehead atoms. The third kappa shape index (κ3) is 6.61. The van der Waals surface area contributed by atoms with Gasteiger partial charge in [0.25, 0.3) is 5.91 Å². The van der Waals surface area contributed by atoms with Gasteiger partial charge in [-0.2, -0.15) is 9.29 Å². The molecule has 0 spiro atoms. The van der Waals surface area contributed by atoms with Crippen LogP contribution in [0.3, 0.4) is 0 Å². The van der Waals surface area contributed by atoms with Crippen LogP contribution >= 0.6 is 0 Å². The number of sulfonamides is 1. The van der Waals surface area contributed by atoms with Gasteiger partial charge in [0, 0.05) is 31.6 Å². The molecular weight excluding hydrogens is 462 g/mol. The Hall–Kier alpha value is -2.83. The Kier molecular flexibility index (Phi) is 8.75. The number of benzene rings is 1. The van der Waals surface area contributed by atoms with E-state index in [4.69, 9.17) is 9.26 Å². The average Bonchev–Trinajstić information content (AvgIpc) is 3.25. The number of hydrogen-bond donors (Lipinski definition) is 2. The lowest BCUT2D eigenvalue weighted by molar-refractivity contribution is -0.123. The number of nitrogens with zero attached hydrogens (tertiary/aromatic N) is 3. The third-order valence-electron chi connectivity index (χ3n) is 5.38. The third-order valence-corrected chi connectivity index (χ3v) is 7.27. The van der Waals surface area contributed by atoms with Crippen molar-refractivity contribution in [3.63, 3.8) is 0 Å². The number of ether oxygens (including phenoxy) is 1. The van der Waals surface area contributed by atoms with Crippen LogP contribution in [0.15, 0.2) is 33.7 Å². The molecule has 1 aromatic carbocycles. The standard InChI is InChI=1S/C22H31N5O6S/c1-15(2)20(22(29)23-9-5-8-19-24-16(3)26-33-19)25-21(28)17-6-4-7-18(14-17)34(30,31)27-10-12-32-13-11-27/h4,6-7,14-15,20H,5,8-13H2,1-3H3,(H,23,29)(H,25,28). The first kappa shape index (κ1) is 25.8. The fourth-order valence-corrected chi connectivity index (χ4v) is 4.95. The van der Waals surface area contributed by atoms with Crippen molar-refractivity contribution in [1.82, 2.24) is 25.1 Å². The quantitative estimate of drug-likeness (QED) is 0.465. The van der Waals surface area contributed by atoms with E-state index in [9.17, 15) is 18.0 Å². The summed E-state index contributed by atoms with van der Waals surface area (Å²) in [7, 11) is -3.74. The zero-order chi connectivity index (χ0) is 24.7. The molecule has 2 amide bonds. The molecule has 0 aliphatic carbocycles. The van der Waals surface area contributed by atoms with Crippen molar-refractivity contribution in [3.05, 3.63) is 41.5 Å². The molecule has 1 aliphatic heterocycles. The summed E-state index contributed by atoms with van der Waals surface area (Å²) in [5.74, 6) is 0.0509. The minimum Gasteiger partial charge on any atom is -0.379 e. The maximum atomic E-state index is 12.9. The first-order valence-corrected chi connectivity index (χ1v) is 12.7. The number of carbonyl (C=O) groups excluding carboxylic acids is 2. The number of aryl methyl sites for hydroxylation is 2. The number of aromatic nitrogens is 2. The number of hydrogen-bond acceptors (Lipinski definition) is 8. The topological polar surface area (TPSA) is 144 Å². The molecule has 2 N–H and O–H groups in total. The molecule has 186 valence electrons. The van der Waals surface area contributed by atoms with Crippen molar-refractivity contribution in [2.24, 2.45) is 5.92 Å². The van der Waals surface area contributed by atoms with Gasteiger partial charge in [0.2, 0.25) is 21.8 Å². The zero-order valence-electron chi connectivity index (χ0n) is 19.6. The number of morpholine rings is 1. The maximum Gasteiger partial charge on any atom is 0.251 e. The molecule has 2 aromatic rings. The van der Waals surface area contributed by atoms with Crippen LogP contribution in [0.2, 0.25) is 0 Å². The molecule has 0 radical (unpaired) electrons. The molecule has 1 aliphatic rings. The van der Waals surface area contributed by atoms with Crippen molar-refractivity contribution < 1.29 is 27.3 Å². The zero-order valence-corrected chi connectivity index (χ0v) is 20.4. The normalized spacial score (nSPS) is 15.8. The van der Waals surface area contributed by atoms with E-state index in [0.717, 1.165) is 0 Å². The van der Waals surface area contributed by atoms with Crippen LogP contribution in [0, 0.1) is 12.8 Å². The first-order valence-electron chi connectivity index (χ1n) is 11.2. The van der Waals surface area contributed by atoms with E-state index in [0.29, 0.717) is 44.3 Å². The molecule has 12 heteroatoms. The van der Waals surface area contributed by atoms with Crippen molar-refractivity contribution in [2.75, 3.05) is 32.8 Å². The Labute approximate surface area is 199 Å². The molecular formula is C22H31N5O6S. The van der Waals surface area contributed by atoms with Gasteiger partial charge in [0.05, 0.1) is 18.1 Å². The van der Waals surface area contributed by atoms with E-state index < -0.39 is 22.0 Å². The summed E-state index contributed by atoms with van der Waals surface area (Å²) in [6, 6.07) is 5.06. The van der Waals surface area contributed by atoms with Crippen LogP contribution in [0.25, 0.3) is 0 Å². The number of amides is 2. The van der Waals surface area contributed by atoms with Gasteiger partial charge in [-0.15, -0.1) is 0 Å². The monoisotopic (exact) mass is 493 g/mol. The van der Waals surface area contributed by atoms with Gasteiger partial charge in [-0.3, -0.25) is 9.59 Å². The second-order valence-electron chi connectivity index (χ2n) is 8.37. The largest absolute Gasteiger partial charge is 0.379 e.